The zero-order chi connectivity index (χ0) is 13.9. The largest absolute Gasteiger partial charge is 0.457 e. The third-order valence-corrected chi connectivity index (χ3v) is 3.44. The number of hydrogen-bond donors (Lipinski definition) is 1. The first-order chi connectivity index (χ1) is 9.70. The molecule has 1 N–H and O–H groups in total. The molecule has 0 atom stereocenters. The van der Waals surface area contributed by atoms with E-state index in [1.807, 2.05) is 12.3 Å². The van der Waals surface area contributed by atoms with Crippen molar-refractivity contribution >= 4 is 0 Å². The zero-order valence-electron chi connectivity index (χ0n) is 12.0. The Kier molecular flexibility index (Phi) is 3.70. The minimum absolute atomic E-state index is 0.685. The molecule has 0 amide bonds. The van der Waals surface area contributed by atoms with E-state index in [0.717, 1.165) is 23.6 Å². The van der Waals surface area contributed by atoms with Gasteiger partial charge in [-0.1, -0.05) is 6.07 Å². The Balaban J connectivity index is 1.78. The number of ether oxygens (including phenoxy) is 1. The van der Waals surface area contributed by atoms with E-state index < -0.39 is 0 Å². The summed E-state index contributed by atoms with van der Waals surface area (Å²) in [4.78, 5) is 4.20. The fraction of sp³-hybridized carbons (Fsp3) is 0.353. The summed E-state index contributed by atoms with van der Waals surface area (Å²) in [6, 6.07) is 8.89. The van der Waals surface area contributed by atoms with Gasteiger partial charge < -0.3 is 10.1 Å². The van der Waals surface area contributed by atoms with Crippen LogP contribution in [0.25, 0.3) is 0 Å². The molecule has 0 radical (unpaired) electrons. The first-order valence-electron chi connectivity index (χ1n) is 7.13. The van der Waals surface area contributed by atoms with Crippen LogP contribution in [0, 0.1) is 13.8 Å². The Hall–Kier alpha value is -1.87. The molecule has 0 spiro atoms. The summed E-state index contributed by atoms with van der Waals surface area (Å²) in [5.74, 6) is 1.78. The molecule has 0 bridgehead atoms. The molecule has 20 heavy (non-hydrogen) atoms. The molecule has 2 aromatic rings. The molecule has 1 aliphatic carbocycles. The number of rotatable bonds is 5. The molecule has 0 aliphatic heterocycles. The third-order valence-electron chi connectivity index (χ3n) is 3.44. The number of nitrogens with one attached hydrogen (secondary N) is 1. The van der Waals surface area contributed by atoms with Crippen LogP contribution < -0.4 is 10.1 Å². The Morgan fingerprint density at radius 2 is 1.95 bits per heavy atom. The molecule has 3 rings (SSSR count). The van der Waals surface area contributed by atoms with Gasteiger partial charge in [0.25, 0.3) is 0 Å². The van der Waals surface area contributed by atoms with E-state index in [-0.39, 0.29) is 0 Å². The highest BCUT2D eigenvalue weighted by Gasteiger charge is 2.20. The van der Waals surface area contributed by atoms with E-state index in [1.165, 1.54) is 24.0 Å². The lowest BCUT2D eigenvalue weighted by molar-refractivity contribution is 0.470. The van der Waals surface area contributed by atoms with Crippen molar-refractivity contribution in [3.05, 3.63) is 53.3 Å². The number of aromatic nitrogens is 1. The van der Waals surface area contributed by atoms with Gasteiger partial charge in [-0.05, 0) is 56.0 Å². The summed E-state index contributed by atoms with van der Waals surface area (Å²) in [7, 11) is 0. The number of benzene rings is 1. The van der Waals surface area contributed by atoms with Crippen molar-refractivity contribution in [3.8, 4) is 11.5 Å². The standard InChI is InChI=1S/C17H20N2O/c1-12-7-13(2)9-16(8-12)20-17-5-6-18-10-14(17)11-19-15-3-4-15/h5-10,15,19H,3-4,11H2,1-2H3. The highest BCUT2D eigenvalue weighted by atomic mass is 16.5. The fourth-order valence-corrected chi connectivity index (χ4v) is 2.31. The Labute approximate surface area is 120 Å². The molecule has 1 aromatic heterocycles. The van der Waals surface area contributed by atoms with E-state index in [4.69, 9.17) is 4.74 Å². The molecular formula is C17H20N2O. The topological polar surface area (TPSA) is 34.1 Å². The third kappa shape index (κ3) is 3.36. The smallest absolute Gasteiger partial charge is 0.134 e. The Bertz CT molecular complexity index is 585. The zero-order valence-corrected chi connectivity index (χ0v) is 12.0. The van der Waals surface area contributed by atoms with Gasteiger partial charge in [0.05, 0.1) is 0 Å². The highest BCUT2D eigenvalue weighted by molar-refractivity contribution is 5.39. The second kappa shape index (κ2) is 5.63. The van der Waals surface area contributed by atoms with Crippen LogP contribution in [0.2, 0.25) is 0 Å². The van der Waals surface area contributed by atoms with E-state index >= 15 is 0 Å². The van der Waals surface area contributed by atoms with E-state index in [0.29, 0.717) is 6.04 Å². The van der Waals surface area contributed by atoms with Crippen LogP contribution in [0.4, 0.5) is 0 Å². The number of nitrogens with zero attached hydrogens (tertiary/aromatic N) is 1. The molecule has 1 fully saturated rings. The molecule has 1 saturated carbocycles. The van der Waals surface area contributed by atoms with E-state index in [9.17, 15) is 0 Å². The van der Waals surface area contributed by atoms with E-state index in [2.05, 4.69) is 42.3 Å². The maximum atomic E-state index is 6.04. The SMILES string of the molecule is Cc1cc(C)cc(Oc2ccncc2CNC2CC2)c1. The predicted octanol–water partition coefficient (Wildman–Crippen LogP) is 3.74. The molecule has 104 valence electrons. The average Bonchev–Trinajstić information content (AvgIpc) is 3.20. The molecule has 1 heterocycles. The van der Waals surface area contributed by atoms with Gasteiger partial charge in [0.1, 0.15) is 11.5 Å². The van der Waals surface area contributed by atoms with Crippen molar-refractivity contribution in [3.63, 3.8) is 0 Å². The molecular weight excluding hydrogens is 248 g/mol. The Morgan fingerprint density at radius 3 is 2.65 bits per heavy atom. The molecule has 1 aliphatic rings. The van der Waals surface area contributed by atoms with Crippen molar-refractivity contribution in [2.45, 2.75) is 39.3 Å². The number of hydrogen-bond acceptors (Lipinski definition) is 3. The van der Waals surface area contributed by atoms with Crippen LogP contribution in [-0.2, 0) is 6.54 Å². The van der Waals surface area contributed by atoms with Gasteiger partial charge in [-0.15, -0.1) is 0 Å². The normalized spacial score (nSPS) is 14.3. The first-order valence-corrected chi connectivity index (χ1v) is 7.13. The molecule has 0 saturated heterocycles. The average molecular weight is 268 g/mol. The maximum absolute atomic E-state index is 6.04. The van der Waals surface area contributed by atoms with Crippen LogP contribution in [0.1, 0.15) is 29.5 Å². The van der Waals surface area contributed by atoms with Crippen LogP contribution in [0.5, 0.6) is 11.5 Å². The lowest BCUT2D eigenvalue weighted by Gasteiger charge is -2.12. The van der Waals surface area contributed by atoms with Crippen molar-refractivity contribution in [1.82, 2.24) is 10.3 Å². The molecule has 3 heteroatoms. The minimum Gasteiger partial charge on any atom is -0.457 e. The van der Waals surface area contributed by atoms with Crippen molar-refractivity contribution in [2.75, 3.05) is 0 Å². The summed E-state index contributed by atoms with van der Waals surface area (Å²) in [6.45, 7) is 4.99. The number of pyridine rings is 1. The first kappa shape index (κ1) is 13.1. The van der Waals surface area contributed by atoms with Gasteiger partial charge in [0, 0.05) is 30.5 Å². The second-order valence-electron chi connectivity index (χ2n) is 5.56. The molecule has 0 unspecified atom stereocenters. The summed E-state index contributed by atoms with van der Waals surface area (Å²) in [5, 5.41) is 3.50. The van der Waals surface area contributed by atoms with Crippen LogP contribution >= 0.6 is 0 Å². The van der Waals surface area contributed by atoms with Gasteiger partial charge in [-0.25, -0.2) is 0 Å². The summed E-state index contributed by atoms with van der Waals surface area (Å²) in [6.07, 6.45) is 6.23. The number of aryl methyl sites for hydroxylation is 2. The summed E-state index contributed by atoms with van der Waals surface area (Å²) >= 11 is 0. The van der Waals surface area contributed by atoms with Crippen molar-refractivity contribution < 1.29 is 4.74 Å². The summed E-state index contributed by atoms with van der Waals surface area (Å²) in [5.41, 5.74) is 3.54. The quantitative estimate of drug-likeness (QED) is 0.897. The van der Waals surface area contributed by atoms with Crippen LogP contribution in [0.3, 0.4) is 0 Å². The molecule has 1 aromatic carbocycles. The maximum Gasteiger partial charge on any atom is 0.134 e. The minimum atomic E-state index is 0.685. The summed E-state index contributed by atoms with van der Waals surface area (Å²) < 4.78 is 6.04. The van der Waals surface area contributed by atoms with E-state index in [1.54, 1.807) is 6.20 Å². The van der Waals surface area contributed by atoms with Gasteiger partial charge >= 0.3 is 0 Å². The van der Waals surface area contributed by atoms with Gasteiger partial charge in [0.15, 0.2) is 0 Å². The van der Waals surface area contributed by atoms with Crippen molar-refractivity contribution in [1.29, 1.82) is 0 Å². The highest BCUT2D eigenvalue weighted by Crippen LogP contribution is 2.27. The van der Waals surface area contributed by atoms with Gasteiger partial charge in [-0.3, -0.25) is 4.98 Å². The van der Waals surface area contributed by atoms with Gasteiger partial charge in [0.2, 0.25) is 0 Å². The van der Waals surface area contributed by atoms with Crippen LogP contribution in [-0.4, -0.2) is 11.0 Å². The second-order valence-corrected chi connectivity index (χ2v) is 5.56. The Morgan fingerprint density at radius 1 is 1.20 bits per heavy atom. The monoisotopic (exact) mass is 268 g/mol. The molecule has 3 nitrogen and oxygen atoms in total. The fourth-order valence-electron chi connectivity index (χ4n) is 2.31. The van der Waals surface area contributed by atoms with Gasteiger partial charge in [-0.2, -0.15) is 0 Å². The predicted molar refractivity (Wildman–Crippen MR) is 80.1 cm³/mol. The lowest BCUT2D eigenvalue weighted by Crippen LogP contribution is -2.15. The van der Waals surface area contributed by atoms with Crippen LogP contribution in [0.15, 0.2) is 36.7 Å². The lowest BCUT2D eigenvalue weighted by atomic mass is 10.1. The van der Waals surface area contributed by atoms with Crippen molar-refractivity contribution in [2.24, 2.45) is 0 Å².